The van der Waals surface area contributed by atoms with Crippen LogP contribution in [-0.2, 0) is 11.3 Å². The summed E-state index contributed by atoms with van der Waals surface area (Å²) in [7, 11) is 0. The van der Waals surface area contributed by atoms with Crippen molar-refractivity contribution >= 4 is 29.4 Å². The molecule has 2 aromatic heterocycles. The number of halogens is 2. The summed E-state index contributed by atoms with van der Waals surface area (Å²) in [5, 5.41) is 6.86. The molecule has 1 aliphatic rings. The minimum absolute atomic E-state index is 0.0381. The maximum Gasteiger partial charge on any atom is 0.410 e. The van der Waals surface area contributed by atoms with Gasteiger partial charge in [-0.2, -0.15) is 5.10 Å². The molecule has 0 spiro atoms. The van der Waals surface area contributed by atoms with Crippen LogP contribution in [0.4, 0.5) is 15.0 Å². The number of anilines is 1. The minimum Gasteiger partial charge on any atom is -0.444 e. The van der Waals surface area contributed by atoms with Crippen LogP contribution in [0.3, 0.4) is 0 Å². The molecule has 1 aliphatic heterocycles. The van der Waals surface area contributed by atoms with Crippen LogP contribution in [0.5, 0.6) is 0 Å². The molecule has 10 heteroatoms. The fourth-order valence-electron chi connectivity index (χ4n) is 4.11. The smallest absolute Gasteiger partial charge is 0.410 e. The second kappa shape index (κ2) is 11.7. The summed E-state index contributed by atoms with van der Waals surface area (Å²) in [6, 6.07) is 10.5. The maximum atomic E-state index is 14.7. The van der Waals surface area contributed by atoms with E-state index in [1.165, 1.54) is 23.1 Å². The van der Waals surface area contributed by atoms with E-state index >= 15 is 0 Å². The minimum atomic E-state index is -0.722. The summed E-state index contributed by atoms with van der Waals surface area (Å²) in [5.41, 5.74) is 0.677. The number of carbonyl (C=O) groups is 2. The van der Waals surface area contributed by atoms with E-state index in [9.17, 15) is 14.0 Å². The zero-order chi connectivity index (χ0) is 27.3. The third-order valence-electron chi connectivity index (χ3n) is 5.81. The summed E-state index contributed by atoms with van der Waals surface area (Å²) < 4.78 is 21.7. The second-order valence-electron chi connectivity index (χ2n) is 10.1. The summed E-state index contributed by atoms with van der Waals surface area (Å²) >= 11 is 6.28. The predicted octanol–water partition coefficient (Wildman–Crippen LogP) is 5.37. The number of benzene rings is 1. The third kappa shape index (κ3) is 7.11. The number of carbonyl (C=O) groups excluding carboxylic acids is 2. The lowest BCUT2D eigenvalue weighted by Gasteiger charge is -2.34. The van der Waals surface area contributed by atoms with Gasteiger partial charge >= 0.3 is 6.09 Å². The first-order valence-corrected chi connectivity index (χ1v) is 12.7. The first kappa shape index (κ1) is 27.1. The molecule has 2 amide bonds. The number of hydrogen-bond donors (Lipinski definition) is 1. The summed E-state index contributed by atoms with van der Waals surface area (Å²) in [6.07, 6.45) is 4.05. The summed E-state index contributed by atoms with van der Waals surface area (Å²) in [6.45, 7) is 6.91. The number of aromatic nitrogens is 3. The topological polar surface area (TPSA) is 89.4 Å². The van der Waals surface area contributed by atoms with Gasteiger partial charge in [-0.25, -0.2) is 14.2 Å². The van der Waals surface area contributed by atoms with Crippen molar-refractivity contribution in [1.82, 2.24) is 19.7 Å². The molecular weight excluding hydrogens is 509 g/mol. The molecule has 1 fully saturated rings. The average molecular weight is 538 g/mol. The van der Waals surface area contributed by atoms with Gasteiger partial charge in [0.25, 0.3) is 5.91 Å². The number of likely N-dealkylation sites (tertiary alicyclic amines) is 1. The Balaban J connectivity index is 1.43. The molecule has 3 heterocycles. The Morgan fingerprint density at radius 2 is 1.92 bits per heavy atom. The molecule has 1 unspecified atom stereocenters. The van der Waals surface area contributed by atoms with Crippen LogP contribution in [-0.4, -0.2) is 50.4 Å². The number of nitrogens with one attached hydrogen (secondary N) is 1. The van der Waals surface area contributed by atoms with Crippen molar-refractivity contribution in [1.29, 1.82) is 0 Å². The number of ether oxygens (including phenoxy) is 1. The molecule has 1 aromatic carbocycles. The van der Waals surface area contributed by atoms with E-state index in [-0.39, 0.29) is 28.5 Å². The van der Waals surface area contributed by atoms with Crippen molar-refractivity contribution in [2.45, 2.75) is 45.8 Å². The van der Waals surface area contributed by atoms with Gasteiger partial charge in [-0.3, -0.25) is 9.48 Å². The number of hydrogen-bond acceptors (Lipinski definition) is 5. The van der Waals surface area contributed by atoms with Gasteiger partial charge in [-0.05, 0) is 57.7 Å². The van der Waals surface area contributed by atoms with Gasteiger partial charge < -0.3 is 15.0 Å². The normalized spacial score (nSPS) is 15.4. The van der Waals surface area contributed by atoms with Crippen LogP contribution in [0.15, 0.2) is 48.8 Å². The number of pyridine rings is 1. The number of piperidine rings is 1. The lowest BCUT2D eigenvalue weighted by molar-refractivity contribution is 0.0154. The van der Waals surface area contributed by atoms with Crippen LogP contribution in [0, 0.1) is 23.6 Å². The third-order valence-corrected chi connectivity index (χ3v) is 6.09. The van der Waals surface area contributed by atoms with Crippen molar-refractivity contribution in [2.75, 3.05) is 18.4 Å². The average Bonchev–Trinajstić information content (AvgIpc) is 3.23. The van der Waals surface area contributed by atoms with Gasteiger partial charge in [0.05, 0.1) is 11.2 Å². The monoisotopic (exact) mass is 537 g/mol. The van der Waals surface area contributed by atoms with Crippen molar-refractivity contribution < 1.29 is 18.7 Å². The fraction of sp³-hybridized carbons (Fsp3) is 0.357. The molecule has 0 radical (unpaired) electrons. The lowest BCUT2D eigenvalue weighted by Crippen LogP contribution is -2.44. The van der Waals surface area contributed by atoms with Gasteiger partial charge in [0.2, 0.25) is 0 Å². The van der Waals surface area contributed by atoms with E-state index in [1.807, 2.05) is 51.1 Å². The standard InChI is InChI=1S/C28H29ClFN5O3/c1-28(2,3)38-27(37)34-13-7-10-21(17-34)18-35-24(22(29)16-32-35)26(36)33-25-23(30)14-20(15-31-25)12-11-19-8-5-4-6-9-19/h4-6,8-9,14-16,21H,7,10,13,17-18H2,1-3H3,(H,31,33,36). The van der Waals surface area contributed by atoms with Crippen LogP contribution in [0.2, 0.25) is 5.02 Å². The van der Waals surface area contributed by atoms with Crippen molar-refractivity contribution in [3.05, 3.63) is 76.5 Å². The highest BCUT2D eigenvalue weighted by Gasteiger charge is 2.29. The Morgan fingerprint density at radius 1 is 1.18 bits per heavy atom. The van der Waals surface area contributed by atoms with E-state index in [1.54, 1.807) is 4.90 Å². The Bertz CT molecular complexity index is 1370. The van der Waals surface area contributed by atoms with Crippen LogP contribution in [0.1, 0.15) is 55.2 Å². The molecule has 38 heavy (non-hydrogen) atoms. The van der Waals surface area contributed by atoms with Gasteiger partial charge in [0, 0.05) is 37.0 Å². The van der Waals surface area contributed by atoms with Crippen LogP contribution < -0.4 is 5.32 Å². The van der Waals surface area contributed by atoms with Gasteiger partial charge in [-0.15, -0.1) is 0 Å². The first-order chi connectivity index (χ1) is 18.1. The van der Waals surface area contributed by atoms with E-state index in [0.717, 1.165) is 18.4 Å². The number of rotatable bonds is 4. The van der Waals surface area contributed by atoms with Gasteiger partial charge in [0.15, 0.2) is 11.6 Å². The Labute approximate surface area is 226 Å². The highest BCUT2D eigenvalue weighted by Crippen LogP contribution is 2.24. The maximum absolute atomic E-state index is 14.7. The van der Waals surface area contributed by atoms with E-state index in [2.05, 4.69) is 27.2 Å². The predicted molar refractivity (Wildman–Crippen MR) is 142 cm³/mol. The quantitative estimate of drug-likeness (QED) is 0.452. The van der Waals surface area contributed by atoms with Crippen molar-refractivity contribution in [2.24, 2.45) is 5.92 Å². The molecule has 0 aliphatic carbocycles. The fourth-order valence-corrected chi connectivity index (χ4v) is 4.34. The highest BCUT2D eigenvalue weighted by atomic mass is 35.5. The van der Waals surface area contributed by atoms with Gasteiger partial charge in [0.1, 0.15) is 11.3 Å². The highest BCUT2D eigenvalue weighted by molar-refractivity contribution is 6.34. The molecule has 4 rings (SSSR count). The van der Waals surface area contributed by atoms with Crippen molar-refractivity contribution in [3.63, 3.8) is 0 Å². The molecule has 0 saturated carbocycles. The van der Waals surface area contributed by atoms with E-state index < -0.39 is 17.3 Å². The zero-order valence-electron chi connectivity index (χ0n) is 21.5. The van der Waals surface area contributed by atoms with Crippen LogP contribution >= 0.6 is 11.6 Å². The lowest BCUT2D eigenvalue weighted by atomic mass is 9.98. The van der Waals surface area contributed by atoms with Gasteiger partial charge in [-0.1, -0.05) is 41.6 Å². The molecule has 1 atom stereocenters. The molecular formula is C28H29ClFN5O3. The SMILES string of the molecule is CC(C)(C)OC(=O)N1CCCC(Cn2ncc(Cl)c2C(=O)Nc2ncc(C#Cc3ccccc3)cc2F)C1. The molecule has 8 nitrogen and oxygen atoms in total. The number of amides is 2. The second-order valence-corrected chi connectivity index (χ2v) is 10.5. The largest absolute Gasteiger partial charge is 0.444 e. The molecule has 3 aromatic rings. The van der Waals surface area contributed by atoms with Crippen LogP contribution in [0.25, 0.3) is 0 Å². The summed E-state index contributed by atoms with van der Waals surface area (Å²) in [4.78, 5) is 31.3. The summed E-state index contributed by atoms with van der Waals surface area (Å²) in [5.74, 6) is 4.24. The Kier molecular flexibility index (Phi) is 8.32. The zero-order valence-corrected chi connectivity index (χ0v) is 22.3. The first-order valence-electron chi connectivity index (χ1n) is 12.3. The molecule has 198 valence electrons. The van der Waals surface area contributed by atoms with E-state index in [4.69, 9.17) is 16.3 Å². The Hall–Kier alpha value is -3.90. The van der Waals surface area contributed by atoms with E-state index in [0.29, 0.717) is 25.2 Å². The molecule has 1 N–H and O–H groups in total. The van der Waals surface area contributed by atoms with Crippen molar-refractivity contribution in [3.8, 4) is 11.8 Å². The molecule has 1 saturated heterocycles. The molecule has 0 bridgehead atoms. The number of nitrogens with zero attached hydrogens (tertiary/aromatic N) is 4. The Morgan fingerprint density at radius 3 is 2.63 bits per heavy atom.